The molecule has 9 nitrogen and oxygen atoms in total. The highest BCUT2D eigenvalue weighted by Gasteiger charge is 2.32. The van der Waals surface area contributed by atoms with Crippen LogP contribution in [0.2, 0.25) is 10.0 Å². The van der Waals surface area contributed by atoms with Gasteiger partial charge in [-0.3, -0.25) is 13.9 Å². The number of carbonyl (C=O) groups is 2. The third kappa shape index (κ3) is 8.86. The van der Waals surface area contributed by atoms with Gasteiger partial charge in [0, 0.05) is 38.0 Å². The topological polar surface area (TPSA) is 105 Å². The molecule has 2 amide bonds. The number of hydrogen-bond donors (Lipinski definition) is 1. The van der Waals surface area contributed by atoms with Gasteiger partial charge in [-0.15, -0.1) is 0 Å². The number of nitrogens with zero attached hydrogens (tertiary/aromatic N) is 2. The number of nitrogens with one attached hydrogen (secondary N) is 1. The van der Waals surface area contributed by atoms with E-state index in [0.29, 0.717) is 33.7 Å². The number of amides is 2. The monoisotopic (exact) mass is 687 g/mol. The molecule has 0 spiro atoms. The summed E-state index contributed by atoms with van der Waals surface area (Å²) < 4.78 is 37.7. The number of hydrogen-bond acceptors (Lipinski definition) is 6. The molecular weight excluding hydrogens is 649 g/mol. The van der Waals surface area contributed by atoms with Crippen LogP contribution >= 0.6 is 23.2 Å². The van der Waals surface area contributed by atoms with Crippen LogP contribution in [0.25, 0.3) is 0 Å². The summed E-state index contributed by atoms with van der Waals surface area (Å²) in [6, 6.07) is 19.0. The van der Waals surface area contributed by atoms with E-state index < -0.39 is 16.1 Å². The second-order valence-corrected chi connectivity index (χ2v) is 14.5. The zero-order chi connectivity index (χ0) is 32.7. The van der Waals surface area contributed by atoms with Crippen LogP contribution in [0.5, 0.6) is 11.5 Å². The van der Waals surface area contributed by atoms with Gasteiger partial charge < -0.3 is 19.7 Å². The van der Waals surface area contributed by atoms with E-state index in [-0.39, 0.29) is 50.6 Å². The van der Waals surface area contributed by atoms with Crippen molar-refractivity contribution in [1.82, 2.24) is 10.2 Å². The number of ether oxygens (including phenoxy) is 2. The summed E-state index contributed by atoms with van der Waals surface area (Å²) in [7, 11) is -3.68. The third-order valence-electron chi connectivity index (χ3n) is 8.36. The quantitative estimate of drug-likeness (QED) is 0.224. The molecule has 3 aromatic carbocycles. The zero-order valence-corrected chi connectivity index (χ0v) is 28.1. The lowest BCUT2D eigenvalue weighted by Crippen LogP contribution is -2.52. The molecule has 1 aliphatic carbocycles. The lowest BCUT2D eigenvalue weighted by molar-refractivity contribution is -0.141. The summed E-state index contributed by atoms with van der Waals surface area (Å²) in [6.07, 6.45) is 6.76. The van der Waals surface area contributed by atoms with Crippen molar-refractivity contribution in [2.75, 3.05) is 23.9 Å². The Morgan fingerprint density at radius 2 is 1.65 bits per heavy atom. The minimum absolute atomic E-state index is 0.0138. The number of halogens is 2. The van der Waals surface area contributed by atoms with E-state index in [9.17, 15) is 18.0 Å². The van der Waals surface area contributed by atoms with Gasteiger partial charge in [0.1, 0.15) is 6.04 Å². The highest BCUT2D eigenvalue weighted by Crippen LogP contribution is 2.36. The van der Waals surface area contributed by atoms with Crippen molar-refractivity contribution in [2.24, 2.45) is 0 Å². The van der Waals surface area contributed by atoms with Crippen LogP contribution in [0.15, 0.2) is 66.7 Å². The van der Waals surface area contributed by atoms with Crippen LogP contribution in [0.1, 0.15) is 56.1 Å². The number of sulfonamides is 1. The van der Waals surface area contributed by atoms with E-state index in [4.69, 9.17) is 32.7 Å². The fourth-order valence-corrected chi connectivity index (χ4v) is 7.26. The molecule has 0 unspecified atom stereocenters. The smallest absolute Gasteiger partial charge is 0.243 e. The first kappa shape index (κ1) is 33.9. The van der Waals surface area contributed by atoms with E-state index in [0.717, 1.165) is 49.5 Å². The highest BCUT2D eigenvalue weighted by molar-refractivity contribution is 7.92. The fraction of sp³-hybridized carbons (Fsp3) is 0.412. The molecule has 0 aromatic heterocycles. The Morgan fingerprint density at radius 3 is 2.37 bits per heavy atom. The first-order valence-corrected chi connectivity index (χ1v) is 18.1. The number of anilines is 1. The van der Waals surface area contributed by atoms with E-state index in [1.165, 1.54) is 4.31 Å². The molecule has 2 aliphatic rings. The molecule has 0 saturated heterocycles. The van der Waals surface area contributed by atoms with Crippen molar-refractivity contribution in [3.05, 3.63) is 87.9 Å². The molecule has 1 atom stereocenters. The van der Waals surface area contributed by atoms with E-state index in [1.807, 2.05) is 30.3 Å². The molecule has 1 heterocycles. The van der Waals surface area contributed by atoms with E-state index in [1.54, 1.807) is 41.3 Å². The van der Waals surface area contributed by atoms with Gasteiger partial charge in [-0.2, -0.15) is 0 Å². The molecular formula is C34H39Cl2N3O6S. The van der Waals surface area contributed by atoms with Crippen molar-refractivity contribution in [2.45, 2.75) is 70.0 Å². The van der Waals surface area contributed by atoms with Crippen molar-refractivity contribution in [1.29, 1.82) is 0 Å². The van der Waals surface area contributed by atoms with Gasteiger partial charge in [0.2, 0.25) is 28.6 Å². The SMILES string of the molecule is CS(=O)(=O)N(CCCC(=O)N(Cc1ccc(Cl)c(Cl)c1)[C@@H](Cc1ccccc1)C(=O)NC1CCCCC1)c1ccc2c(c1)OCO2. The standard InChI is InChI=1S/C34H39Cl2N3O6S/c1-46(42,43)39(27-15-17-31-32(21-27)45-23-44-31)18-8-13-33(40)38(22-25-14-16-28(35)29(36)19-25)30(20-24-9-4-2-5-10-24)34(41)37-26-11-6-3-7-12-26/h2,4-5,9-10,14-17,19,21,26,30H,3,6-8,11-13,18,20,22-23H2,1H3,(H,37,41)/t30-/m0/s1. The molecule has 1 fully saturated rings. The minimum atomic E-state index is -3.68. The Hall–Kier alpha value is -3.47. The summed E-state index contributed by atoms with van der Waals surface area (Å²) in [5, 5.41) is 3.97. The normalized spacial score (nSPS) is 15.3. The first-order chi connectivity index (χ1) is 22.1. The first-order valence-electron chi connectivity index (χ1n) is 15.5. The summed E-state index contributed by atoms with van der Waals surface area (Å²) in [5.41, 5.74) is 2.06. The maximum atomic E-state index is 14.1. The molecule has 0 bridgehead atoms. The van der Waals surface area contributed by atoms with Crippen molar-refractivity contribution in [3.63, 3.8) is 0 Å². The Kier molecular flexibility index (Phi) is 11.4. The Labute approximate surface area is 280 Å². The molecule has 12 heteroatoms. The van der Waals surface area contributed by atoms with Gasteiger partial charge in [0.25, 0.3) is 0 Å². The molecule has 1 N–H and O–H groups in total. The molecule has 1 aliphatic heterocycles. The molecule has 46 heavy (non-hydrogen) atoms. The number of carbonyl (C=O) groups excluding carboxylic acids is 2. The van der Waals surface area contributed by atoms with Crippen LogP contribution in [-0.2, 0) is 32.6 Å². The van der Waals surface area contributed by atoms with Crippen molar-refractivity contribution in [3.8, 4) is 11.5 Å². The van der Waals surface area contributed by atoms with Crippen LogP contribution in [-0.4, -0.2) is 56.8 Å². The Bertz CT molecular complexity index is 1630. The Balaban J connectivity index is 1.39. The lowest BCUT2D eigenvalue weighted by Gasteiger charge is -2.34. The summed E-state index contributed by atoms with van der Waals surface area (Å²) in [5.74, 6) is 0.524. The van der Waals surface area contributed by atoms with Crippen LogP contribution < -0.4 is 19.1 Å². The third-order valence-corrected chi connectivity index (χ3v) is 10.3. The number of fused-ring (bicyclic) bond motifs is 1. The van der Waals surface area contributed by atoms with Gasteiger partial charge in [0.05, 0.1) is 22.0 Å². The average molecular weight is 689 g/mol. The summed E-state index contributed by atoms with van der Waals surface area (Å²) in [4.78, 5) is 29.7. The lowest BCUT2D eigenvalue weighted by atomic mass is 9.94. The minimum Gasteiger partial charge on any atom is -0.454 e. The van der Waals surface area contributed by atoms with Crippen LogP contribution in [0.3, 0.4) is 0 Å². The maximum absolute atomic E-state index is 14.1. The van der Waals surface area contributed by atoms with E-state index >= 15 is 0 Å². The second kappa shape index (κ2) is 15.4. The second-order valence-electron chi connectivity index (χ2n) is 11.8. The summed E-state index contributed by atoms with van der Waals surface area (Å²) in [6.45, 7) is 0.255. The highest BCUT2D eigenvalue weighted by atomic mass is 35.5. The molecule has 3 aromatic rings. The Morgan fingerprint density at radius 1 is 0.913 bits per heavy atom. The molecule has 246 valence electrons. The van der Waals surface area contributed by atoms with Crippen LogP contribution in [0.4, 0.5) is 5.69 Å². The predicted molar refractivity (Wildman–Crippen MR) is 180 cm³/mol. The van der Waals surface area contributed by atoms with Gasteiger partial charge in [0.15, 0.2) is 11.5 Å². The largest absolute Gasteiger partial charge is 0.454 e. The average Bonchev–Trinajstić information content (AvgIpc) is 3.51. The van der Waals surface area contributed by atoms with Crippen LogP contribution in [0, 0.1) is 0 Å². The van der Waals surface area contributed by atoms with Gasteiger partial charge >= 0.3 is 0 Å². The molecule has 5 rings (SSSR count). The van der Waals surface area contributed by atoms with E-state index in [2.05, 4.69) is 5.32 Å². The van der Waals surface area contributed by atoms with Gasteiger partial charge in [-0.1, -0.05) is 78.9 Å². The number of rotatable bonds is 13. The van der Waals surface area contributed by atoms with Gasteiger partial charge in [-0.25, -0.2) is 8.42 Å². The molecule has 1 saturated carbocycles. The van der Waals surface area contributed by atoms with Crippen molar-refractivity contribution < 1.29 is 27.5 Å². The zero-order valence-electron chi connectivity index (χ0n) is 25.8. The molecule has 0 radical (unpaired) electrons. The van der Waals surface area contributed by atoms with Crippen molar-refractivity contribution >= 4 is 50.7 Å². The number of benzene rings is 3. The predicted octanol–water partition coefficient (Wildman–Crippen LogP) is 6.36. The van der Waals surface area contributed by atoms with Gasteiger partial charge in [-0.05, 0) is 54.7 Å². The fourth-order valence-electron chi connectivity index (χ4n) is 5.98. The maximum Gasteiger partial charge on any atom is 0.243 e. The summed E-state index contributed by atoms with van der Waals surface area (Å²) >= 11 is 12.5.